The maximum Gasteiger partial charge on any atom is 0.251 e. The van der Waals surface area contributed by atoms with Gasteiger partial charge in [0.2, 0.25) is 0 Å². The number of benzene rings is 7. The predicted octanol–water partition coefficient (Wildman–Crippen LogP) is 11.9. The summed E-state index contributed by atoms with van der Waals surface area (Å²) in [6, 6.07) is 53.6. The van der Waals surface area contributed by atoms with Gasteiger partial charge >= 0.3 is 0 Å². The van der Waals surface area contributed by atoms with Crippen LogP contribution in [-0.2, 0) is 0 Å². The number of aromatic nitrogens is 2. The van der Waals surface area contributed by atoms with Gasteiger partial charge in [0.1, 0.15) is 11.5 Å². The van der Waals surface area contributed by atoms with Gasteiger partial charge in [-0.25, -0.2) is 0 Å². The van der Waals surface area contributed by atoms with E-state index in [1.807, 2.05) is 0 Å². The fraction of sp³-hybridized carbons (Fsp3) is 0.176. The number of hydrogen-bond donors (Lipinski definition) is 0. The van der Waals surface area contributed by atoms with E-state index >= 15 is 0 Å². The highest BCUT2D eigenvalue weighted by atomic mass is 16.5. The van der Waals surface area contributed by atoms with E-state index in [1.165, 1.54) is 82.4 Å². The van der Waals surface area contributed by atoms with Gasteiger partial charge in [-0.05, 0) is 93.9 Å². The molecule has 0 N–H and O–H groups in total. The number of fused-ring (bicyclic) bond motifs is 9. The van der Waals surface area contributed by atoms with Crippen molar-refractivity contribution in [2.75, 3.05) is 0 Å². The second-order valence-electron chi connectivity index (χ2n) is 16.3. The molecule has 0 unspecified atom stereocenters. The van der Waals surface area contributed by atoms with Crippen LogP contribution in [0.1, 0.15) is 76.0 Å². The zero-order valence-corrected chi connectivity index (χ0v) is 32.5. The van der Waals surface area contributed by atoms with Crippen molar-refractivity contribution in [3.8, 4) is 22.9 Å². The third-order valence-corrected chi connectivity index (χ3v) is 12.0. The molecule has 0 radical (unpaired) electrons. The molecular formula is C51H45BN2O. The highest BCUT2D eigenvalue weighted by Crippen LogP contribution is 2.43. The van der Waals surface area contributed by atoms with Crippen LogP contribution < -0.4 is 21.1 Å². The molecule has 4 heteroatoms. The van der Waals surface area contributed by atoms with Gasteiger partial charge in [-0.15, -0.1) is 0 Å². The van der Waals surface area contributed by atoms with Crippen LogP contribution in [-0.4, -0.2) is 15.8 Å². The third-order valence-electron chi connectivity index (χ3n) is 12.0. The molecular weight excluding hydrogens is 667 g/mol. The summed E-state index contributed by atoms with van der Waals surface area (Å²) in [4.78, 5) is 0. The van der Waals surface area contributed by atoms with Crippen LogP contribution in [0.25, 0.3) is 55.0 Å². The minimum absolute atomic E-state index is 0.0619. The van der Waals surface area contributed by atoms with E-state index in [-0.39, 0.29) is 6.71 Å². The molecule has 3 heterocycles. The van der Waals surface area contributed by atoms with Crippen molar-refractivity contribution in [1.29, 1.82) is 0 Å². The first-order valence-corrected chi connectivity index (χ1v) is 19.9. The molecule has 0 spiro atoms. The summed E-state index contributed by atoms with van der Waals surface area (Å²) >= 11 is 0. The van der Waals surface area contributed by atoms with Gasteiger partial charge in [-0.2, -0.15) is 0 Å². The molecule has 2 aromatic heterocycles. The molecule has 0 amide bonds. The second kappa shape index (κ2) is 12.8. The van der Waals surface area contributed by atoms with Crippen LogP contribution in [0.15, 0.2) is 146 Å². The normalized spacial score (nSPS) is 12.8. The van der Waals surface area contributed by atoms with Crippen LogP contribution in [0.2, 0.25) is 0 Å². The molecule has 0 atom stereocenters. The highest BCUT2D eigenvalue weighted by molar-refractivity contribution is 6.97. The Morgan fingerprint density at radius 1 is 0.436 bits per heavy atom. The van der Waals surface area contributed by atoms with E-state index in [2.05, 4.69) is 196 Å². The first-order valence-electron chi connectivity index (χ1n) is 19.9. The molecule has 268 valence electrons. The van der Waals surface area contributed by atoms with Crippen LogP contribution in [0.3, 0.4) is 0 Å². The lowest BCUT2D eigenvalue weighted by Crippen LogP contribution is -2.57. The van der Waals surface area contributed by atoms with E-state index in [9.17, 15) is 0 Å². The van der Waals surface area contributed by atoms with Gasteiger partial charge in [0.25, 0.3) is 6.71 Å². The molecule has 1 aliphatic rings. The number of ether oxygens (including phenoxy) is 1. The molecule has 1 aliphatic heterocycles. The molecule has 0 aliphatic carbocycles. The summed E-state index contributed by atoms with van der Waals surface area (Å²) in [5.74, 6) is 3.08. The van der Waals surface area contributed by atoms with Gasteiger partial charge < -0.3 is 13.9 Å². The minimum atomic E-state index is 0.0619. The summed E-state index contributed by atoms with van der Waals surface area (Å²) in [7, 11) is 0. The Bertz CT molecular complexity index is 2920. The lowest BCUT2D eigenvalue weighted by Gasteiger charge is -2.32. The van der Waals surface area contributed by atoms with Gasteiger partial charge in [0.15, 0.2) is 0 Å². The first kappa shape index (κ1) is 33.6. The summed E-state index contributed by atoms with van der Waals surface area (Å²) in [6.45, 7) is 14.1. The topological polar surface area (TPSA) is 19.1 Å². The Labute approximate surface area is 323 Å². The lowest BCUT2D eigenvalue weighted by molar-refractivity contribution is 0.487. The van der Waals surface area contributed by atoms with Gasteiger partial charge in [-0.3, -0.25) is 0 Å². The number of para-hydroxylation sites is 4. The van der Waals surface area contributed by atoms with Crippen LogP contribution in [0.4, 0.5) is 0 Å². The van der Waals surface area contributed by atoms with Crippen molar-refractivity contribution >= 4 is 66.7 Å². The molecule has 10 rings (SSSR count). The van der Waals surface area contributed by atoms with Crippen molar-refractivity contribution in [2.45, 2.75) is 59.3 Å². The zero-order chi connectivity index (χ0) is 37.5. The monoisotopic (exact) mass is 712 g/mol. The smallest absolute Gasteiger partial charge is 0.251 e. The Kier molecular flexibility index (Phi) is 7.82. The fourth-order valence-corrected chi connectivity index (χ4v) is 9.39. The molecule has 0 fully saturated rings. The summed E-state index contributed by atoms with van der Waals surface area (Å²) < 4.78 is 11.8. The van der Waals surface area contributed by atoms with E-state index in [0.717, 1.165) is 17.2 Å². The third kappa shape index (κ3) is 5.11. The summed E-state index contributed by atoms with van der Waals surface area (Å²) in [5.41, 5.74) is 15.2. The number of rotatable bonds is 6. The van der Waals surface area contributed by atoms with E-state index in [4.69, 9.17) is 4.74 Å². The summed E-state index contributed by atoms with van der Waals surface area (Å²) in [5, 5.41) is 5.06. The molecule has 0 saturated heterocycles. The maximum absolute atomic E-state index is 6.92. The largest absolute Gasteiger partial charge is 0.458 e. The Balaban J connectivity index is 1.23. The molecule has 7 aromatic carbocycles. The van der Waals surface area contributed by atoms with Crippen molar-refractivity contribution < 1.29 is 4.74 Å². The van der Waals surface area contributed by atoms with Gasteiger partial charge in [-0.1, -0.05) is 138 Å². The second-order valence-corrected chi connectivity index (χ2v) is 16.3. The molecule has 0 bridgehead atoms. The molecule has 3 nitrogen and oxygen atoms in total. The van der Waals surface area contributed by atoms with Crippen LogP contribution in [0.5, 0.6) is 11.5 Å². The number of hydrogen-bond acceptors (Lipinski definition) is 1. The lowest BCUT2D eigenvalue weighted by atomic mass is 9.34. The number of nitrogens with zero attached hydrogens (tertiary/aromatic N) is 2. The van der Waals surface area contributed by atoms with Crippen LogP contribution >= 0.6 is 0 Å². The molecule has 9 aromatic rings. The average Bonchev–Trinajstić information content (AvgIpc) is 3.72. The van der Waals surface area contributed by atoms with Crippen LogP contribution in [0, 0.1) is 0 Å². The Morgan fingerprint density at radius 3 is 1.56 bits per heavy atom. The van der Waals surface area contributed by atoms with E-state index in [0.29, 0.717) is 17.8 Å². The SMILES string of the molecule is CC(C)c1cc(C(C)C)c(B2c3ccccc3Oc3cc(-n4c5ccccc5c5c6c7ccccc7n(-c7ccccc7)c6ccc54)ccc32)c(C(C)C)c1. The van der Waals surface area contributed by atoms with Gasteiger partial charge in [0.05, 0.1) is 22.1 Å². The van der Waals surface area contributed by atoms with Crippen molar-refractivity contribution in [2.24, 2.45) is 0 Å². The van der Waals surface area contributed by atoms with Crippen molar-refractivity contribution in [3.63, 3.8) is 0 Å². The van der Waals surface area contributed by atoms with E-state index in [1.54, 1.807) is 0 Å². The average molecular weight is 713 g/mol. The van der Waals surface area contributed by atoms with Crippen molar-refractivity contribution in [3.05, 3.63) is 162 Å². The van der Waals surface area contributed by atoms with E-state index < -0.39 is 0 Å². The standard InChI is InChI=1S/C51H45BN2O/c1-31(2)34-28-39(32(3)4)51(40(29-34)33(5)6)52-41-20-12-15-23-47(41)55-48-30-36(24-25-42(48)52)54-44-22-14-11-19-38(44)50-46(54)27-26-45-49(50)37-18-10-13-21-43(37)53(45)35-16-8-7-9-17-35/h7-33H,1-6H3. The first-order chi connectivity index (χ1) is 26.8. The zero-order valence-electron chi connectivity index (χ0n) is 32.5. The maximum atomic E-state index is 6.92. The summed E-state index contributed by atoms with van der Waals surface area (Å²) in [6.07, 6.45) is 0. The Morgan fingerprint density at radius 2 is 0.964 bits per heavy atom. The minimum Gasteiger partial charge on any atom is -0.458 e. The molecule has 0 saturated carbocycles. The highest BCUT2D eigenvalue weighted by Gasteiger charge is 2.37. The van der Waals surface area contributed by atoms with Crippen molar-refractivity contribution in [1.82, 2.24) is 9.13 Å². The van der Waals surface area contributed by atoms with Gasteiger partial charge in [0, 0.05) is 39.0 Å². The predicted molar refractivity (Wildman–Crippen MR) is 235 cm³/mol. The quantitative estimate of drug-likeness (QED) is 0.157. The fourth-order valence-electron chi connectivity index (χ4n) is 9.39. The Hall–Kier alpha value is -6.00. The molecule has 55 heavy (non-hydrogen) atoms.